The van der Waals surface area contributed by atoms with Crippen LogP contribution in [0, 0.1) is 5.41 Å². The summed E-state index contributed by atoms with van der Waals surface area (Å²) in [7, 11) is 7.73. The zero-order valence-electron chi connectivity index (χ0n) is 17.0. The van der Waals surface area contributed by atoms with Gasteiger partial charge < -0.3 is 20.3 Å². The third kappa shape index (κ3) is 8.25. The second-order valence-electron chi connectivity index (χ2n) is 7.72. The molecular weight excluding hydrogens is 312 g/mol. The molecule has 1 rings (SSSR count). The third-order valence-electron chi connectivity index (χ3n) is 4.26. The molecule has 1 atom stereocenters. The fourth-order valence-corrected chi connectivity index (χ4v) is 2.96. The van der Waals surface area contributed by atoms with E-state index in [1.54, 1.807) is 7.11 Å². The first-order valence-corrected chi connectivity index (χ1v) is 9.00. The number of hydrogen-bond donors (Lipinski definition) is 2. The van der Waals surface area contributed by atoms with Crippen molar-refractivity contribution in [2.75, 3.05) is 47.9 Å². The van der Waals surface area contributed by atoms with E-state index >= 15 is 0 Å². The van der Waals surface area contributed by atoms with Crippen molar-refractivity contribution >= 4 is 5.96 Å². The Morgan fingerprint density at radius 2 is 1.84 bits per heavy atom. The Hall–Kier alpha value is -1.75. The summed E-state index contributed by atoms with van der Waals surface area (Å²) in [6.45, 7) is 9.59. The van der Waals surface area contributed by atoms with Crippen LogP contribution in [0.5, 0.6) is 5.75 Å². The molecule has 0 bridgehead atoms. The van der Waals surface area contributed by atoms with Crippen LogP contribution in [0.25, 0.3) is 0 Å². The van der Waals surface area contributed by atoms with Crippen LogP contribution in [0.2, 0.25) is 0 Å². The molecule has 0 aliphatic carbocycles. The molecular formula is C20H36N4O. The van der Waals surface area contributed by atoms with Gasteiger partial charge in [-0.25, -0.2) is 0 Å². The molecule has 1 aromatic rings. The van der Waals surface area contributed by atoms with Gasteiger partial charge in [0.2, 0.25) is 0 Å². The minimum absolute atomic E-state index is 0.192. The van der Waals surface area contributed by atoms with Gasteiger partial charge in [0.15, 0.2) is 5.96 Å². The molecule has 25 heavy (non-hydrogen) atoms. The number of nitrogens with zero attached hydrogens (tertiary/aromatic N) is 2. The zero-order chi connectivity index (χ0) is 18.9. The average molecular weight is 349 g/mol. The van der Waals surface area contributed by atoms with Crippen LogP contribution < -0.4 is 15.4 Å². The Balaban J connectivity index is 2.39. The lowest BCUT2D eigenvalue weighted by Crippen LogP contribution is -2.45. The molecule has 1 aromatic carbocycles. The van der Waals surface area contributed by atoms with Crippen LogP contribution in [0.3, 0.4) is 0 Å². The first-order chi connectivity index (χ1) is 11.8. The lowest BCUT2D eigenvalue weighted by atomic mass is 9.93. The zero-order valence-corrected chi connectivity index (χ0v) is 17.0. The van der Waals surface area contributed by atoms with Crippen molar-refractivity contribution in [3.8, 4) is 5.75 Å². The van der Waals surface area contributed by atoms with Crippen LogP contribution in [0.1, 0.15) is 38.7 Å². The predicted octanol–water partition coefficient (Wildman–Crippen LogP) is 2.94. The van der Waals surface area contributed by atoms with E-state index in [4.69, 9.17) is 4.74 Å². The van der Waals surface area contributed by atoms with Crippen molar-refractivity contribution in [1.82, 2.24) is 15.5 Å². The summed E-state index contributed by atoms with van der Waals surface area (Å²) < 4.78 is 5.21. The molecule has 0 radical (unpaired) electrons. The van der Waals surface area contributed by atoms with Crippen LogP contribution in [-0.4, -0.2) is 58.7 Å². The number of benzene rings is 1. The van der Waals surface area contributed by atoms with E-state index in [9.17, 15) is 0 Å². The maximum atomic E-state index is 5.21. The maximum Gasteiger partial charge on any atom is 0.190 e. The van der Waals surface area contributed by atoms with Crippen molar-refractivity contribution in [2.45, 2.75) is 33.1 Å². The second-order valence-corrected chi connectivity index (χ2v) is 7.72. The third-order valence-corrected chi connectivity index (χ3v) is 4.26. The van der Waals surface area contributed by atoms with E-state index in [2.05, 4.69) is 67.5 Å². The van der Waals surface area contributed by atoms with Gasteiger partial charge in [-0.2, -0.15) is 0 Å². The predicted molar refractivity (Wildman–Crippen MR) is 108 cm³/mol. The highest BCUT2D eigenvalue weighted by Gasteiger charge is 2.19. The fourth-order valence-electron chi connectivity index (χ4n) is 2.96. The molecule has 0 fully saturated rings. The van der Waals surface area contributed by atoms with Gasteiger partial charge in [-0.15, -0.1) is 0 Å². The number of methoxy groups -OCH3 is 1. The minimum atomic E-state index is 0.192. The summed E-state index contributed by atoms with van der Waals surface area (Å²) in [5, 5.41) is 6.86. The van der Waals surface area contributed by atoms with Gasteiger partial charge in [-0.05, 0) is 49.5 Å². The van der Waals surface area contributed by atoms with Gasteiger partial charge in [0.05, 0.1) is 7.11 Å². The summed E-state index contributed by atoms with van der Waals surface area (Å²) in [6.07, 6.45) is 1.05. The largest absolute Gasteiger partial charge is 0.497 e. The van der Waals surface area contributed by atoms with Gasteiger partial charge in [0, 0.05) is 26.7 Å². The number of nitrogens with one attached hydrogen (secondary N) is 2. The van der Waals surface area contributed by atoms with Crippen LogP contribution in [0.15, 0.2) is 29.3 Å². The van der Waals surface area contributed by atoms with Gasteiger partial charge in [-0.3, -0.25) is 4.99 Å². The number of ether oxygens (including phenoxy) is 1. The average Bonchev–Trinajstić information content (AvgIpc) is 2.56. The number of hydrogen-bond acceptors (Lipinski definition) is 3. The van der Waals surface area contributed by atoms with E-state index in [1.807, 2.05) is 19.2 Å². The van der Waals surface area contributed by atoms with Gasteiger partial charge in [0.25, 0.3) is 0 Å². The smallest absolute Gasteiger partial charge is 0.190 e. The van der Waals surface area contributed by atoms with E-state index in [-0.39, 0.29) is 5.41 Å². The Bertz CT molecular complexity index is 523. The molecule has 0 saturated heterocycles. The Morgan fingerprint density at radius 3 is 2.36 bits per heavy atom. The summed E-state index contributed by atoms with van der Waals surface area (Å²) >= 11 is 0. The Morgan fingerprint density at radius 1 is 1.20 bits per heavy atom. The summed E-state index contributed by atoms with van der Waals surface area (Å²) in [6, 6.07) is 8.32. The molecule has 5 heteroatoms. The van der Waals surface area contributed by atoms with Crippen molar-refractivity contribution in [3.05, 3.63) is 29.8 Å². The van der Waals surface area contributed by atoms with E-state index < -0.39 is 0 Å². The van der Waals surface area contributed by atoms with E-state index in [0.29, 0.717) is 5.92 Å². The van der Waals surface area contributed by atoms with Crippen molar-refractivity contribution in [1.29, 1.82) is 0 Å². The van der Waals surface area contributed by atoms with E-state index in [0.717, 1.165) is 37.8 Å². The SMILES string of the molecule is CN=C(NCCC(C)c1ccc(OC)cc1)NCC(C)(C)CN(C)C. The molecule has 0 aromatic heterocycles. The molecule has 0 aliphatic rings. The van der Waals surface area contributed by atoms with Crippen LogP contribution in [-0.2, 0) is 0 Å². The van der Waals surface area contributed by atoms with Crippen molar-refractivity contribution < 1.29 is 4.74 Å². The molecule has 142 valence electrons. The fraction of sp³-hybridized carbons (Fsp3) is 0.650. The monoisotopic (exact) mass is 348 g/mol. The standard InChI is InChI=1S/C20H36N4O/c1-16(17-8-10-18(25-7)11-9-17)12-13-22-19(21-4)23-14-20(2,3)15-24(5)6/h8-11,16H,12-15H2,1-7H3,(H2,21,22,23). The lowest BCUT2D eigenvalue weighted by molar-refractivity contribution is 0.241. The quantitative estimate of drug-likeness (QED) is 0.532. The maximum absolute atomic E-state index is 5.21. The molecule has 2 N–H and O–H groups in total. The number of guanidine groups is 1. The first kappa shape index (κ1) is 21.3. The van der Waals surface area contributed by atoms with Gasteiger partial charge in [0.1, 0.15) is 5.75 Å². The van der Waals surface area contributed by atoms with Gasteiger partial charge in [-0.1, -0.05) is 32.9 Å². The Labute approximate surface area is 153 Å². The first-order valence-electron chi connectivity index (χ1n) is 9.00. The highest BCUT2D eigenvalue weighted by Crippen LogP contribution is 2.21. The molecule has 1 unspecified atom stereocenters. The van der Waals surface area contributed by atoms with Crippen LogP contribution >= 0.6 is 0 Å². The molecule has 0 spiro atoms. The summed E-state index contributed by atoms with van der Waals surface area (Å²) in [5.74, 6) is 2.26. The summed E-state index contributed by atoms with van der Waals surface area (Å²) in [4.78, 5) is 6.54. The van der Waals surface area contributed by atoms with E-state index in [1.165, 1.54) is 5.56 Å². The minimum Gasteiger partial charge on any atom is -0.497 e. The highest BCUT2D eigenvalue weighted by atomic mass is 16.5. The van der Waals surface area contributed by atoms with Crippen molar-refractivity contribution in [2.24, 2.45) is 10.4 Å². The molecule has 0 heterocycles. The van der Waals surface area contributed by atoms with Gasteiger partial charge >= 0.3 is 0 Å². The second kappa shape index (κ2) is 10.3. The Kier molecular flexibility index (Phi) is 8.76. The summed E-state index contributed by atoms with van der Waals surface area (Å²) in [5.41, 5.74) is 1.52. The molecule has 0 saturated carbocycles. The lowest BCUT2D eigenvalue weighted by Gasteiger charge is -2.29. The molecule has 0 aliphatic heterocycles. The normalized spacial score (nSPS) is 13.7. The van der Waals surface area contributed by atoms with Crippen molar-refractivity contribution in [3.63, 3.8) is 0 Å². The number of rotatable bonds is 9. The molecule has 0 amide bonds. The van der Waals surface area contributed by atoms with Crippen LogP contribution in [0.4, 0.5) is 0 Å². The highest BCUT2D eigenvalue weighted by molar-refractivity contribution is 5.79. The topological polar surface area (TPSA) is 48.9 Å². The number of aliphatic imine (C=N–C) groups is 1. The molecule has 5 nitrogen and oxygen atoms in total.